The quantitative estimate of drug-likeness (QED) is 0.871. The maximum Gasteiger partial charge on any atom is 0.247 e. The lowest BCUT2D eigenvalue weighted by molar-refractivity contribution is 0.174. The van der Waals surface area contributed by atoms with Gasteiger partial charge in [-0.3, -0.25) is 0 Å². The molecule has 0 amide bonds. The van der Waals surface area contributed by atoms with E-state index in [0.717, 1.165) is 25.7 Å². The molecule has 0 saturated heterocycles. The van der Waals surface area contributed by atoms with Gasteiger partial charge < -0.3 is 9.52 Å². The van der Waals surface area contributed by atoms with Crippen LogP contribution in [0.15, 0.2) is 20.0 Å². The number of hydrogen-bond donors (Lipinski definition) is 1. The molecule has 0 bridgehead atoms. The summed E-state index contributed by atoms with van der Waals surface area (Å²) in [5, 5.41) is 9.06. The van der Waals surface area contributed by atoms with Gasteiger partial charge in [0.1, 0.15) is 17.3 Å². The van der Waals surface area contributed by atoms with Crippen LogP contribution in [0.5, 0.6) is 0 Å². The molecular weight excluding hydrogens is 358 g/mol. The zero-order valence-electron chi connectivity index (χ0n) is 12.6. The van der Waals surface area contributed by atoms with E-state index in [1.54, 1.807) is 7.05 Å². The van der Waals surface area contributed by atoms with E-state index in [-0.39, 0.29) is 28.0 Å². The van der Waals surface area contributed by atoms with Crippen molar-refractivity contribution in [2.24, 2.45) is 5.41 Å². The number of sulfonamides is 1. The smallest absolute Gasteiger partial charge is 0.247 e. The number of aliphatic hydroxyl groups is 1. The fraction of sp³-hybridized carbons (Fsp3) is 0.714. The Balaban J connectivity index is 2.21. The second-order valence-corrected chi connectivity index (χ2v) is 9.11. The zero-order chi connectivity index (χ0) is 15.8. The molecule has 1 saturated carbocycles. The number of hydrogen-bond acceptors (Lipinski definition) is 4. The average Bonchev–Trinajstić information content (AvgIpc) is 2.80. The molecule has 0 aromatic carbocycles. The normalized spacial score (nSPS) is 20.1. The monoisotopic (exact) mass is 379 g/mol. The van der Waals surface area contributed by atoms with E-state index < -0.39 is 10.0 Å². The third kappa shape index (κ3) is 3.52. The Morgan fingerprint density at radius 2 is 2.00 bits per heavy atom. The van der Waals surface area contributed by atoms with Crippen molar-refractivity contribution in [3.05, 3.63) is 16.5 Å². The van der Waals surface area contributed by atoms with Crippen molar-refractivity contribution in [1.29, 1.82) is 0 Å². The van der Waals surface area contributed by atoms with E-state index >= 15 is 0 Å². The molecule has 21 heavy (non-hydrogen) atoms. The molecule has 1 fully saturated rings. The molecule has 1 aliphatic carbocycles. The number of nitrogens with zero attached hydrogens (tertiary/aromatic N) is 1. The fourth-order valence-electron chi connectivity index (χ4n) is 2.75. The second kappa shape index (κ2) is 6.02. The molecule has 1 aromatic rings. The molecule has 120 valence electrons. The third-order valence-corrected chi connectivity index (χ3v) is 7.11. The van der Waals surface area contributed by atoms with Gasteiger partial charge in [0.2, 0.25) is 10.0 Å². The summed E-state index contributed by atoms with van der Waals surface area (Å²) in [6.07, 6.45) is 3.77. The maximum atomic E-state index is 12.7. The van der Waals surface area contributed by atoms with Crippen LogP contribution in [0.1, 0.15) is 45.3 Å². The van der Waals surface area contributed by atoms with E-state index in [4.69, 9.17) is 9.52 Å². The van der Waals surface area contributed by atoms with Crippen LogP contribution in [0.3, 0.4) is 0 Å². The topological polar surface area (TPSA) is 70.8 Å². The molecular formula is C14H22BrNO4S. The van der Waals surface area contributed by atoms with Gasteiger partial charge in [0.05, 0.1) is 0 Å². The minimum Gasteiger partial charge on any atom is -0.450 e. The SMILES string of the molecule is CN(C1CCC(C)(C)CC1)S(=O)(=O)c1cc(CO)oc1Br. The molecule has 7 heteroatoms. The molecule has 0 atom stereocenters. The minimum atomic E-state index is -3.61. The van der Waals surface area contributed by atoms with Crippen molar-refractivity contribution in [3.63, 3.8) is 0 Å². The molecule has 1 N–H and O–H groups in total. The summed E-state index contributed by atoms with van der Waals surface area (Å²) in [5.74, 6) is 0.235. The molecule has 1 aliphatic rings. The van der Waals surface area contributed by atoms with Crippen LogP contribution >= 0.6 is 15.9 Å². The first kappa shape index (κ1) is 17.0. The molecule has 0 aliphatic heterocycles. The molecule has 0 spiro atoms. The van der Waals surface area contributed by atoms with Gasteiger partial charge in [0.15, 0.2) is 4.67 Å². The van der Waals surface area contributed by atoms with Gasteiger partial charge >= 0.3 is 0 Å². The molecule has 2 rings (SSSR count). The highest BCUT2D eigenvalue weighted by Crippen LogP contribution is 2.38. The third-order valence-electron chi connectivity index (χ3n) is 4.34. The Bertz CT molecular complexity index is 598. The molecule has 5 nitrogen and oxygen atoms in total. The lowest BCUT2D eigenvalue weighted by Gasteiger charge is -2.37. The Kier molecular flexibility index (Phi) is 4.87. The first-order chi connectivity index (χ1) is 9.67. The van der Waals surface area contributed by atoms with Crippen molar-refractivity contribution in [3.8, 4) is 0 Å². The van der Waals surface area contributed by atoms with Gasteiger partial charge in [0, 0.05) is 19.2 Å². The Morgan fingerprint density at radius 1 is 1.43 bits per heavy atom. The van der Waals surface area contributed by atoms with Gasteiger partial charge in [-0.15, -0.1) is 0 Å². The Morgan fingerprint density at radius 3 is 2.48 bits per heavy atom. The standard InChI is InChI=1S/C14H22BrNO4S/c1-14(2)6-4-10(5-7-14)16(3)21(18,19)12-8-11(9-17)20-13(12)15/h8,10,17H,4-7,9H2,1-3H3. The van der Waals surface area contributed by atoms with Crippen LogP contribution in [-0.4, -0.2) is 30.9 Å². The van der Waals surface area contributed by atoms with Crippen molar-refractivity contribution < 1.29 is 17.9 Å². The first-order valence-electron chi connectivity index (χ1n) is 7.04. The number of halogens is 1. The maximum absolute atomic E-state index is 12.7. The van der Waals surface area contributed by atoms with Gasteiger partial charge in [-0.1, -0.05) is 13.8 Å². The van der Waals surface area contributed by atoms with Crippen molar-refractivity contribution in [2.75, 3.05) is 7.05 Å². The summed E-state index contributed by atoms with van der Waals surface area (Å²) in [5.41, 5.74) is 0.293. The van der Waals surface area contributed by atoms with E-state index in [1.165, 1.54) is 10.4 Å². The highest BCUT2D eigenvalue weighted by Gasteiger charge is 2.35. The lowest BCUT2D eigenvalue weighted by Crippen LogP contribution is -2.40. The van der Waals surface area contributed by atoms with E-state index in [2.05, 4.69) is 29.8 Å². The summed E-state index contributed by atoms with van der Waals surface area (Å²) < 4.78 is 32.2. The Labute approximate surface area is 134 Å². The van der Waals surface area contributed by atoms with E-state index in [9.17, 15) is 8.42 Å². The number of furan rings is 1. The fourth-order valence-corrected chi connectivity index (χ4v) is 5.13. The molecule has 0 radical (unpaired) electrons. The minimum absolute atomic E-state index is 0.0161. The van der Waals surface area contributed by atoms with Gasteiger partial charge in [-0.2, -0.15) is 4.31 Å². The van der Waals surface area contributed by atoms with Crippen LogP contribution in [0, 0.1) is 5.41 Å². The van der Waals surface area contributed by atoms with Gasteiger partial charge in [-0.05, 0) is 47.0 Å². The second-order valence-electron chi connectivity index (χ2n) is 6.43. The summed E-state index contributed by atoms with van der Waals surface area (Å²) in [7, 11) is -1.99. The zero-order valence-corrected chi connectivity index (χ0v) is 15.0. The van der Waals surface area contributed by atoms with E-state index in [1.807, 2.05) is 0 Å². The highest BCUT2D eigenvalue weighted by molar-refractivity contribution is 9.10. The lowest BCUT2D eigenvalue weighted by atomic mass is 9.76. The largest absolute Gasteiger partial charge is 0.450 e. The summed E-state index contributed by atoms with van der Waals surface area (Å²) in [4.78, 5) is 0.0823. The number of rotatable bonds is 4. The average molecular weight is 380 g/mol. The van der Waals surface area contributed by atoms with E-state index in [0.29, 0.717) is 5.41 Å². The van der Waals surface area contributed by atoms with Gasteiger partial charge in [-0.25, -0.2) is 8.42 Å². The molecule has 0 unspecified atom stereocenters. The van der Waals surface area contributed by atoms with Gasteiger partial charge in [0.25, 0.3) is 0 Å². The van der Waals surface area contributed by atoms with Crippen molar-refractivity contribution >= 4 is 26.0 Å². The van der Waals surface area contributed by atoms with Crippen molar-refractivity contribution in [2.45, 2.75) is 57.1 Å². The van der Waals surface area contributed by atoms with Crippen LogP contribution in [0.4, 0.5) is 0 Å². The molecule has 1 heterocycles. The van der Waals surface area contributed by atoms with Crippen LogP contribution in [0.25, 0.3) is 0 Å². The summed E-state index contributed by atoms with van der Waals surface area (Å²) in [6.45, 7) is 4.12. The van der Waals surface area contributed by atoms with Crippen molar-refractivity contribution in [1.82, 2.24) is 4.31 Å². The van der Waals surface area contributed by atoms with Crippen LogP contribution in [0.2, 0.25) is 0 Å². The predicted octanol–water partition coefficient (Wildman–Crippen LogP) is 3.12. The predicted molar refractivity (Wildman–Crippen MR) is 83.3 cm³/mol. The number of aliphatic hydroxyl groups excluding tert-OH is 1. The molecule has 1 aromatic heterocycles. The summed E-state index contributed by atoms with van der Waals surface area (Å²) in [6, 6.07) is 1.39. The van der Waals surface area contributed by atoms with Crippen LogP contribution < -0.4 is 0 Å². The first-order valence-corrected chi connectivity index (χ1v) is 9.28. The van der Waals surface area contributed by atoms with Crippen LogP contribution in [-0.2, 0) is 16.6 Å². The highest BCUT2D eigenvalue weighted by atomic mass is 79.9. The summed E-state index contributed by atoms with van der Waals surface area (Å²) >= 11 is 3.12. The Hall–Kier alpha value is -0.370.